The van der Waals surface area contributed by atoms with Gasteiger partial charge in [0.15, 0.2) is 5.79 Å². The monoisotopic (exact) mass is 233 g/mol. The summed E-state index contributed by atoms with van der Waals surface area (Å²) in [5.41, 5.74) is 0. The molecule has 94 valence electrons. The zero-order valence-corrected chi connectivity index (χ0v) is 9.89. The lowest BCUT2D eigenvalue weighted by Gasteiger charge is -2.34. The van der Waals surface area contributed by atoms with Gasteiger partial charge in [-0.2, -0.15) is 5.90 Å². The molecule has 0 aliphatic heterocycles. The number of hydrogen-bond donors (Lipinski definition) is 1. The van der Waals surface area contributed by atoms with Crippen LogP contribution in [0.3, 0.4) is 0 Å². The zero-order chi connectivity index (χ0) is 12.6. The van der Waals surface area contributed by atoms with Crippen molar-refractivity contribution in [3.8, 4) is 0 Å². The van der Waals surface area contributed by atoms with Crippen LogP contribution >= 0.6 is 0 Å². The molecule has 0 fully saturated rings. The molecule has 6 nitrogen and oxygen atoms in total. The van der Waals surface area contributed by atoms with Gasteiger partial charge in [-0.3, -0.25) is 0 Å². The van der Waals surface area contributed by atoms with Gasteiger partial charge in [-0.1, -0.05) is 0 Å². The van der Waals surface area contributed by atoms with Crippen molar-refractivity contribution < 1.29 is 23.9 Å². The van der Waals surface area contributed by atoms with E-state index >= 15 is 0 Å². The van der Waals surface area contributed by atoms with Gasteiger partial charge < -0.3 is 19.1 Å². The Bertz CT molecular complexity index is 225. The molecule has 0 radical (unpaired) electrons. The lowest BCUT2D eigenvalue weighted by atomic mass is 9.96. The lowest BCUT2D eigenvalue weighted by molar-refractivity contribution is -0.254. The van der Waals surface area contributed by atoms with Gasteiger partial charge in [0.25, 0.3) is 0 Å². The van der Waals surface area contributed by atoms with Crippen LogP contribution in [0.25, 0.3) is 0 Å². The maximum Gasteiger partial charge on any atom is 0.333 e. The maximum absolute atomic E-state index is 11.4. The van der Waals surface area contributed by atoms with Crippen molar-refractivity contribution in [2.45, 2.75) is 33.0 Å². The summed E-state index contributed by atoms with van der Waals surface area (Å²) in [6.07, 6.45) is 0.546. The molecular formula is C10H19NO5. The quantitative estimate of drug-likeness (QED) is 0.371. The van der Waals surface area contributed by atoms with Crippen LogP contribution in [0.5, 0.6) is 0 Å². The second-order valence-corrected chi connectivity index (χ2v) is 3.27. The van der Waals surface area contributed by atoms with Gasteiger partial charge >= 0.3 is 5.97 Å². The fourth-order valence-electron chi connectivity index (χ4n) is 1.52. The van der Waals surface area contributed by atoms with E-state index in [0.29, 0.717) is 19.5 Å². The van der Waals surface area contributed by atoms with Crippen LogP contribution in [0.2, 0.25) is 0 Å². The third kappa shape index (κ3) is 3.88. The Labute approximate surface area is 95.0 Å². The highest BCUT2D eigenvalue weighted by Crippen LogP contribution is 2.27. The Kier molecular flexibility index (Phi) is 6.87. The summed E-state index contributed by atoms with van der Waals surface area (Å²) in [4.78, 5) is 26.1. The molecule has 1 unspecified atom stereocenters. The molecule has 2 N–H and O–H groups in total. The van der Waals surface area contributed by atoms with Crippen LogP contribution in [-0.4, -0.2) is 31.3 Å². The molecule has 0 aromatic carbocycles. The lowest BCUT2D eigenvalue weighted by Crippen LogP contribution is -2.46. The number of carbonyl (C=O) groups is 2. The highest BCUT2D eigenvalue weighted by molar-refractivity contribution is 5.76. The van der Waals surface area contributed by atoms with Gasteiger partial charge in [-0.25, -0.2) is 4.79 Å². The van der Waals surface area contributed by atoms with E-state index in [1.807, 2.05) is 0 Å². The first-order chi connectivity index (χ1) is 7.55. The fraction of sp³-hybridized carbons (Fsp3) is 0.800. The number of aldehydes is 1. The summed E-state index contributed by atoms with van der Waals surface area (Å²) < 4.78 is 10.7. The van der Waals surface area contributed by atoms with Crippen LogP contribution < -0.4 is 5.90 Å². The number of carbonyl (C=O) groups excluding carboxylic acids is 2. The van der Waals surface area contributed by atoms with Crippen LogP contribution in [0, 0.1) is 5.92 Å². The van der Waals surface area contributed by atoms with Crippen molar-refractivity contribution in [3.63, 3.8) is 0 Å². The number of hydrogen-bond acceptors (Lipinski definition) is 6. The van der Waals surface area contributed by atoms with E-state index in [-0.39, 0.29) is 6.42 Å². The standard InChI is InChI=1S/C10H19NO5/c1-4-14-10(3,15-5-2)8(6-7-12)9(13)16-11/h7-8H,4-6,11H2,1-3H3. The van der Waals surface area contributed by atoms with Crippen LogP contribution in [0.4, 0.5) is 0 Å². The number of nitrogens with two attached hydrogens (primary N) is 1. The van der Waals surface area contributed by atoms with Gasteiger partial charge in [0.05, 0.1) is 0 Å². The molecule has 0 heterocycles. The molecule has 0 saturated carbocycles. The molecule has 6 heteroatoms. The Morgan fingerprint density at radius 2 is 1.88 bits per heavy atom. The Morgan fingerprint density at radius 3 is 2.19 bits per heavy atom. The van der Waals surface area contributed by atoms with Gasteiger partial charge in [-0.05, 0) is 20.8 Å². The Hall–Kier alpha value is -0.980. The predicted octanol–water partition coefficient (Wildman–Crippen LogP) is 0.398. The van der Waals surface area contributed by atoms with Crippen molar-refractivity contribution in [1.82, 2.24) is 0 Å². The van der Waals surface area contributed by atoms with Crippen molar-refractivity contribution in [1.29, 1.82) is 0 Å². The molecule has 0 aliphatic rings. The molecule has 16 heavy (non-hydrogen) atoms. The topological polar surface area (TPSA) is 87.8 Å². The maximum atomic E-state index is 11.4. The van der Waals surface area contributed by atoms with Gasteiger partial charge in [0, 0.05) is 19.6 Å². The first-order valence-electron chi connectivity index (χ1n) is 5.17. The third-order valence-corrected chi connectivity index (χ3v) is 2.23. The van der Waals surface area contributed by atoms with E-state index in [2.05, 4.69) is 4.84 Å². The van der Waals surface area contributed by atoms with Crippen molar-refractivity contribution in [2.24, 2.45) is 11.8 Å². The van der Waals surface area contributed by atoms with Gasteiger partial charge in [0.1, 0.15) is 12.2 Å². The first kappa shape index (κ1) is 15.0. The Morgan fingerprint density at radius 1 is 1.38 bits per heavy atom. The minimum Gasteiger partial charge on any atom is -0.373 e. The minimum atomic E-state index is -1.19. The molecule has 0 bridgehead atoms. The molecule has 0 rings (SSSR count). The average molecular weight is 233 g/mol. The van der Waals surface area contributed by atoms with Gasteiger partial charge in [0.2, 0.25) is 0 Å². The summed E-state index contributed by atoms with van der Waals surface area (Å²) in [5.74, 6) is 2.03. The third-order valence-electron chi connectivity index (χ3n) is 2.23. The molecule has 0 amide bonds. The van der Waals surface area contributed by atoms with Gasteiger partial charge in [-0.15, -0.1) is 0 Å². The number of ether oxygens (including phenoxy) is 2. The summed E-state index contributed by atoms with van der Waals surface area (Å²) in [6, 6.07) is 0. The van der Waals surface area contributed by atoms with E-state index in [1.54, 1.807) is 20.8 Å². The molecule has 0 spiro atoms. The van der Waals surface area contributed by atoms with E-state index in [9.17, 15) is 9.59 Å². The SMILES string of the molecule is CCOC(C)(OCC)C(CC=O)C(=O)ON. The highest BCUT2D eigenvalue weighted by Gasteiger charge is 2.41. The van der Waals surface area contributed by atoms with Crippen LogP contribution in [-0.2, 0) is 23.9 Å². The second kappa shape index (κ2) is 7.32. The van der Waals surface area contributed by atoms with Crippen LogP contribution in [0.15, 0.2) is 0 Å². The molecule has 1 atom stereocenters. The molecule has 0 saturated heterocycles. The zero-order valence-electron chi connectivity index (χ0n) is 9.89. The average Bonchev–Trinajstić information content (AvgIpc) is 2.25. The first-order valence-corrected chi connectivity index (χ1v) is 5.17. The van der Waals surface area contributed by atoms with E-state index in [1.165, 1.54) is 0 Å². The van der Waals surface area contributed by atoms with Crippen LogP contribution in [0.1, 0.15) is 27.2 Å². The predicted molar refractivity (Wildman–Crippen MR) is 56.1 cm³/mol. The highest BCUT2D eigenvalue weighted by atomic mass is 16.7. The normalized spacial score (nSPS) is 13.2. The second-order valence-electron chi connectivity index (χ2n) is 3.27. The van der Waals surface area contributed by atoms with Crippen molar-refractivity contribution in [2.75, 3.05) is 13.2 Å². The van der Waals surface area contributed by atoms with Crippen molar-refractivity contribution >= 4 is 12.3 Å². The minimum absolute atomic E-state index is 0.0630. The molecular weight excluding hydrogens is 214 g/mol. The Balaban J connectivity index is 4.90. The smallest absolute Gasteiger partial charge is 0.333 e. The molecule has 0 aromatic heterocycles. The molecule has 0 aliphatic carbocycles. The summed E-state index contributed by atoms with van der Waals surface area (Å²) in [6.45, 7) is 5.82. The van der Waals surface area contributed by atoms with E-state index in [4.69, 9.17) is 15.4 Å². The fourth-order valence-corrected chi connectivity index (χ4v) is 1.52. The number of rotatable bonds is 8. The van der Waals surface area contributed by atoms with E-state index < -0.39 is 17.7 Å². The summed E-state index contributed by atoms with van der Waals surface area (Å²) in [7, 11) is 0. The van der Waals surface area contributed by atoms with E-state index in [0.717, 1.165) is 0 Å². The molecule has 0 aromatic rings. The summed E-state index contributed by atoms with van der Waals surface area (Å²) in [5, 5.41) is 0. The largest absolute Gasteiger partial charge is 0.373 e. The van der Waals surface area contributed by atoms with Crippen molar-refractivity contribution in [3.05, 3.63) is 0 Å². The summed E-state index contributed by atoms with van der Waals surface area (Å²) >= 11 is 0.